The average molecular weight is 500 g/mol. The van der Waals surface area contributed by atoms with E-state index in [0.29, 0.717) is 16.1 Å². The lowest BCUT2D eigenvalue weighted by molar-refractivity contribution is -0.160. The molecule has 2 heterocycles. The van der Waals surface area contributed by atoms with Gasteiger partial charge in [0.25, 0.3) is 0 Å². The SMILES string of the molecule is Cc1cc2c(c(-c3ccc(Cl)cc3)c1[C@H](OC(C)(C)C)C(=O)O)n(C1CCN(C)CC1)c(=O)n2C. The number of aryl methyl sites for hydroxylation is 2. The molecule has 0 amide bonds. The second kappa shape index (κ2) is 9.45. The fourth-order valence-corrected chi connectivity index (χ4v) is 5.21. The minimum absolute atomic E-state index is 0.0239. The van der Waals surface area contributed by atoms with Crippen molar-refractivity contribution in [2.75, 3.05) is 20.1 Å². The molecule has 0 saturated carbocycles. The summed E-state index contributed by atoms with van der Waals surface area (Å²) in [6, 6.07) is 9.28. The largest absolute Gasteiger partial charge is 0.479 e. The van der Waals surface area contributed by atoms with Gasteiger partial charge in [0.05, 0.1) is 16.6 Å². The average Bonchev–Trinajstić information content (AvgIpc) is 3.02. The van der Waals surface area contributed by atoms with Crippen molar-refractivity contribution in [3.63, 3.8) is 0 Å². The van der Waals surface area contributed by atoms with Gasteiger partial charge in [-0.25, -0.2) is 9.59 Å². The molecule has 0 bridgehead atoms. The molecule has 4 rings (SSSR count). The Kier molecular flexibility index (Phi) is 6.88. The molecular formula is C27H34ClN3O4. The molecule has 0 spiro atoms. The highest BCUT2D eigenvalue weighted by atomic mass is 35.5. The maximum atomic E-state index is 13.6. The molecule has 3 aromatic rings. The molecule has 7 nitrogen and oxygen atoms in total. The first-order valence-electron chi connectivity index (χ1n) is 12.0. The van der Waals surface area contributed by atoms with Crippen LogP contribution in [0, 0.1) is 6.92 Å². The van der Waals surface area contributed by atoms with Gasteiger partial charge in [-0.2, -0.15) is 0 Å². The summed E-state index contributed by atoms with van der Waals surface area (Å²) in [5.41, 5.74) is 3.58. The van der Waals surface area contributed by atoms with Crippen molar-refractivity contribution in [2.24, 2.45) is 7.05 Å². The van der Waals surface area contributed by atoms with Crippen molar-refractivity contribution in [3.8, 4) is 11.1 Å². The van der Waals surface area contributed by atoms with Crippen LogP contribution in [0.2, 0.25) is 5.02 Å². The van der Waals surface area contributed by atoms with Crippen molar-refractivity contribution in [1.29, 1.82) is 0 Å². The fraction of sp³-hybridized carbons (Fsp3) is 0.481. The third-order valence-corrected chi connectivity index (χ3v) is 7.02. The number of rotatable bonds is 5. The lowest BCUT2D eigenvalue weighted by atomic mass is 9.90. The summed E-state index contributed by atoms with van der Waals surface area (Å²) < 4.78 is 9.66. The van der Waals surface area contributed by atoms with Crippen molar-refractivity contribution in [2.45, 2.75) is 58.3 Å². The zero-order valence-electron chi connectivity index (χ0n) is 21.3. The number of carbonyl (C=O) groups is 1. The van der Waals surface area contributed by atoms with Gasteiger partial charge in [0, 0.05) is 29.2 Å². The minimum Gasteiger partial charge on any atom is -0.479 e. The molecule has 1 N–H and O–H groups in total. The summed E-state index contributed by atoms with van der Waals surface area (Å²) in [5.74, 6) is -1.07. The Morgan fingerprint density at radius 2 is 1.74 bits per heavy atom. The summed E-state index contributed by atoms with van der Waals surface area (Å²) in [5, 5.41) is 10.9. The fourth-order valence-electron chi connectivity index (χ4n) is 5.09. The van der Waals surface area contributed by atoms with Gasteiger partial charge in [-0.1, -0.05) is 23.7 Å². The number of benzene rings is 2. The van der Waals surface area contributed by atoms with Crippen LogP contribution in [-0.4, -0.2) is 50.8 Å². The highest BCUT2D eigenvalue weighted by Gasteiger charge is 2.34. The number of ether oxygens (including phenoxy) is 1. The normalized spacial score (nSPS) is 16.7. The predicted octanol–water partition coefficient (Wildman–Crippen LogP) is 5.18. The maximum absolute atomic E-state index is 13.6. The summed E-state index contributed by atoms with van der Waals surface area (Å²) in [6.07, 6.45) is 0.491. The number of halogens is 1. The maximum Gasteiger partial charge on any atom is 0.337 e. The van der Waals surface area contributed by atoms with Crippen LogP contribution in [-0.2, 0) is 16.6 Å². The van der Waals surface area contributed by atoms with Crippen molar-refractivity contribution >= 4 is 28.6 Å². The number of carboxylic acids is 1. The number of imidazole rings is 1. The van der Waals surface area contributed by atoms with Gasteiger partial charge in [0.2, 0.25) is 0 Å². The van der Waals surface area contributed by atoms with E-state index < -0.39 is 17.7 Å². The van der Waals surface area contributed by atoms with E-state index in [1.165, 1.54) is 0 Å². The van der Waals surface area contributed by atoms with Crippen molar-refractivity contribution in [3.05, 3.63) is 57.0 Å². The van der Waals surface area contributed by atoms with Gasteiger partial charge in [-0.15, -0.1) is 0 Å². The molecule has 188 valence electrons. The number of aromatic nitrogens is 2. The van der Waals surface area contributed by atoms with Gasteiger partial charge in [-0.3, -0.25) is 9.13 Å². The number of carboxylic acid groups (broad SMARTS) is 1. The van der Waals surface area contributed by atoms with E-state index in [-0.39, 0.29) is 11.7 Å². The van der Waals surface area contributed by atoms with E-state index in [1.54, 1.807) is 23.7 Å². The standard InChI is InChI=1S/C27H34ClN3O4/c1-16-15-20-23(31(26(34)30(20)6)19-11-13-29(5)14-12-19)22(17-7-9-18(28)10-8-17)21(16)24(25(32)33)35-27(2,3)4/h7-10,15,19,24H,11-14H2,1-6H3,(H,32,33)/t24-/m0/s1. The molecule has 0 radical (unpaired) electrons. The molecule has 1 aromatic heterocycles. The second-order valence-electron chi connectivity index (χ2n) is 10.6. The van der Waals surface area contributed by atoms with Crippen LogP contribution in [0.15, 0.2) is 35.1 Å². The van der Waals surface area contributed by atoms with E-state index >= 15 is 0 Å². The van der Waals surface area contributed by atoms with Crippen molar-refractivity contribution < 1.29 is 14.6 Å². The quantitative estimate of drug-likeness (QED) is 0.523. The number of nitrogens with zero attached hydrogens (tertiary/aromatic N) is 3. The van der Waals surface area contributed by atoms with E-state index in [0.717, 1.165) is 48.1 Å². The number of hydrogen-bond donors (Lipinski definition) is 1. The third kappa shape index (κ3) is 4.90. The number of likely N-dealkylation sites (tertiary alicyclic amines) is 1. The Labute approximate surface area is 210 Å². The lowest BCUT2D eigenvalue weighted by Crippen LogP contribution is -2.35. The molecule has 0 aliphatic carbocycles. The Morgan fingerprint density at radius 1 is 1.14 bits per heavy atom. The van der Waals surface area contributed by atoms with Gasteiger partial charge < -0.3 is 14.7 Å². The van der Waals surface area contributed by atoms with Crippen LogP contribution < -0.4 is 5.69 Å². The van der Waals surface area contributed by atoms with Crippen LogP contribution in [0.25, 0.3) is 22.2 Å². The van der Waals surface area contributed by atoms with Crippen molar-refractivity contribution in [1.82, 2.24) is 14.0 Å². The zero-order chi connectivity index (χ0) is 25.7. The molecule has 1 aliphatic heterocycles. The third-order valence-electron chi connectivity index (χ3n) is 6.77. The topological polar surface area (TPSA) is 76.7 Å². The second-order valence-corrected chi connectivity index (χ2v) is 11.0. The molecule has 1 saturated heterocycles. The molecule has 8 heteroatoms. The Bertz CT molecular complexity index is 1310. The molecule has 1 fully saturated rings. The molecular weight excluding hydrogens is 466 g/mol. The van der Waals surface area contributed by atoms with E-state index in [9.17, 15) is 14.7 Å². The number of fused-ring (bicyclic) bond motifs is 1. The van der Waals surface area contributed by atoms with Crippen LogP contribution in [0.4, 0.5) is 0 Å². The first-order valence-corrected chi connectivity index (χ1v) is 12.4. The first-order chi connectivity index (χ1) is 16.4. The summed E-state index contributed by atoms with van der Waals surface area (Å²) in [6.45, 7) is 9.20. The number of piperidine rings is 1. The van der Waals surface area contributed by atoms with Crippen LogP contribution in [0.1, 0.15) is 56.9 Å². The Morgan fingerprint density at radius 3 is 2.29 bits per heavy atom. The van der Waals surface area contributed by atoms with Crippen LogP contribution in [0.5, 0.6) is 0 Å². The summed E-state index contributed by atoms with van der Waals surface area (Å²) in [4.78, 5) is 28.4. The predicted molar refractivity (Wildman–Crippen MR) is 139 cm³/mol. The van der Waals surface area contributed by atoms with Crippen LogP contribution in [0.3, 0.4) is 0 Å². The molecule has 35 heavy (non-hydrogen) atoms. The number of aliphatic carboxylic acids is 1. The first kappa shape index (κ1) is 25.5. The molecule has 0 unspecified atom stereocenters. The van der Waals surface area contributed by atoms with E-state index in [2.05, 4.69) is 11.9 Å². The number of hydrogen-bond acceptors (Lipinski definition) is 4. The van der Waals surface area contributed by atoms with Gasteiger partial charge >= 0.3 is 11.7 Å². The zero-order valence-corrected chi connectivity index (χ0v) is 22.0. The van der Waals surface area contributed by atoms with Gasteiger partial charge in [-0.05, 0) is 90.0 Å². The highest BCUT2D eigenvalue weighted by molar-refractivity contribution is 6.30. The van der Waals surface area contributed by atoms with Gasteiger partial charge in [0.1, 0.15) is 0 Å². The summed E-state index contributed by atoms with van der Waals surface area (Å²) in [7, 11) is 3.87. The van der Waals surface area contributed by atoms with Crippen LogP contribution >= 0.6 is 11.6 Å². The monoisotopic (exact) mass is 499 g/mol. The minimum atomic E-state index is -1.20. The molecule has 1 aliphatic rings. The highest BCUT2D eigenvalue weighted by Crippen LogP contribution is 2.42. The Hall–Kier alpha value is -2.61. The van der Waals surface area contributed by atoms with E-state index in [4.69, 9.17) is 16.3 Å². The van der Waals surface area contributed by atoms with E-state index in [1.807, 2.05) is 50.5 Å². The Balaban J connectivity index is 2.11. The van der Waals surface area contributed by atoms with Gasteiger partial charge in [0.15, 0.2) is 6.10 Å². The smallest absolute Gasteiger partial charge is 0.337 e. The lowest BCUT2D eigenvalue weighted by Gasteiger charge is -2.31. The molecule has 2 aromatic carbocycles. The molecule has 1 atom stereocenters. The summed E-state index contributed by atoms with van der Waals surface area (Å²) >= 11 is 6.20.